The number of nitrogens with one attached hydrogen (secondary N) is 1. The molecule has 1 aromatic carbocycles. The van der Waals surface area contributed by atoms with Crippen LogP contribution in [-0.2, 0) is 6.42 Å². The van der Waals surface area contributed by atoms with Crippen LogP contribution in [0.1, 0.15) is 32.4 Å². The Balaban J connectivity index is 2.39. The second-order valence-corrected chi connectivity index (χ2v) is 7.24. The van der Waals surface area contributed by atoms with Gasteiger partial charge >= 0.3 is 5.69 Å². The van der Waals surface area contributed by atoms with Gasteiger partial charge < -0.3 is 5.73 Å². The highest BCUT2D eigenvalue weighted by atomic mass is 79.9. The third-order valence-corrected chi connectivity index (χ3v) is 4.52. The lowest BCUT2D eigenvalue weighted by Gasteiger charge is -2.13. The van der Waals surface area contributed by atoms with Gasteiger partial charge in [-0.15, -0.1) is 5.10 Å². The molecular weight excluding hydrogens is 352 g/mol. The van der Waals surface area contributed by atoms with E-state index in [9.17, 15) is 4.79 Å². The second-order valence-electron chi connectivity index (χ2n) is 5.31. The first-order valence-corrected chi connectivity index (χ1v) is 8.38. The van der Waals surface area contributed by atoms with E-state index in [1.165, 1.54) is 11.8 Å². The Bertz CT molecular complexity index is 678. The van der Waals surface area contributed by atoms with Crippen molar-refractivity contribution < 1.29 is 0 Å². The van der Waals surface area contributed by atoms with E-state index >= 15 is 0 Å². The fraction of sp³-hybridized carbons (Fsp3) is 0.429. The lowest BCUT2D eigenvalue weighted by molar-refractivity contribution is 0.534. The van der Waals surface area contributed by atoms with Crippen molar-refractivity contribution in [1.29, 1.82) is 0 Å². The molecule has 0 aliphatic carbocycles. The number of aromatic nitrogens is 3. The minimum absolute atomic E-state index is 0.0581. The molecule has 0 aliphatic rings. The summed E-state index contributed by atoms with van der Waals surface area (Å²) in [5.41, 5.74) is 6.88. The molecule has 114 valence electrons. The highest BCUT2D eigenvalue weighted by Gasteiger charge is 2.15. The van der Waals surface area contributed by atoms with Gasteiger partial charge in [0.2, 0.25) is 0 Å². The van der Waals surface area contributed by atoms with Crippen molar-refractivity contribution in [3.63, 3.8) is 0 Å². The first-order valence-electron chi connectivity index (χ1n) is 6.77. The number of halogens is 1. The molecule has 5 nitrogen and oxygen atoms in total. The molecule has 1 atom stereocenters. The summed E-state index contributed by atoms with van der Waals surface area (Å²) in [7, 11) is 0. The largest absolute Gasteiger partial charge is 0.344 e. The second kappa shape index (κ2) is 6.81. The number of nitrogens with zero attached hydrogens (tertiary/aromatic N) is 2. The minimum Gasteiger partial charge on any atom is -0.328 e. The van der Waals surface area contributed by atoms with Crippen LogP contribution in [0.25, 0.3) is 0 Å². The van der Waals surface area contributed by atoms with Crippen molar-refractivity contribution in [2.24, 2.45) is 5.73 Å². The van der Waals surface area contributed by atoms with Crippen molar-refractivity contribution in [2.45, 2.75) is 49.3 Å². The van der Waals surface area contributed by atoms with E-state index in [-0.39, 0.29) is 17.8 Å². The highest BCUT2D eigenvalue weighted by molar-refractivity contribution is 9.10. The third kappa shape index (κ3) is 3.99. The molecule has 21 heavy (non-hydrogen) atoms. The van der Waals surface area contributed by atoms with Crippen molar-refractivity contribution in [1.82, 2.24) is 14.8 Å². The van der Waals surface area contributed by atoms with Crippen molar-refractivity contribution in [3.05, 3.63) is 38.7 Å². The summed E-state index contributed by atoms with van der Waals surface area (Å²) in [5, 5.41) is 7.30. The van der Waals surface area contributed by atoms with E-state index in [4.69, 9.17) is 5.73 Å². The van der Waals surface area contributed by atoms with Gasteiger partial charge in [-0.3, -0.25) is 4.57 Å². The number of nitrogens with two attached hydrogens (primary N) is 1. The van der Waals surface area contributed by atoms with E-state index in [1.54, 1.807) is 4.57 Å². The Morgan fingerprint density at radius 2 is 2.14 bits per heavy atom. The van der Waals surface area contributed by atoms with Crippen LogP contribution in [0.5, 0.6) is 0 Å². The molecule has 0 fully saturated rings. The van der Waals surface area contributed by atoms with E-state index in [1.807, 2.05) is 32.9 Å². The number of hydrogen-bond donors (Lipinski definition) is 2. The van der Waals surface area contributed by atoms with Gasteiger partial charge in [-0.05, 0) is 56.7 Å². The summed E-state index contributed by atoms with van der Waals surface area (Å²) in [6.07, 6.45) is 0.784. The van der Waals surface area contributed by atoms with Crippen LogP contribution in [0.4, 0.5) is 0 Å². The summed E-state index contributed by atoms with van der Waals surface area (Å²) < 4.78 is 2.65. The molecule has 0 bridgehead atoms. The number of hydrogen-bond acceptors (Lipinski definition) is 4. The van der Waals surface area contributed by atoms with Crippen LogP contribution in [-0.4, -0.2) is 20.8 Å². The number of H-pyrrole nitrogens is 1. The van der Waals surface area contributed by atoms with Gasteiger partial charge in [0.15, 0.2) is 5.16 Å². The van der Waals surface area contributed by atoms with E-state index in [0.29, 0.717) is 5.16 Å². The Morgan fingerprint density at radius 1 is 1.43 bits per heavy atom. The Hall–Kier alpha value is -1.05. The van der Waals surface area contributed by atoms with Gasteiger partial charge in [0.25, 0.3) is 0 Å². The van der Waals surface area contributed by atoms with Gasteiger partial charge in [0.1, 0.15) is 0 Å². The Morgan fingerprint density at radius 3 is 2.76 bits per heavy atom. The molecule has 0 spiro atoms. The minimum atomic E-state index is -0.184. The molecule has 3 N–H and O–H groups in total. The summed E-state index contributed by atoms with van der Waals surface area (Å²) in [6, 6.07) is 6.23. The maximum absolute atomic E-state index is 11.8. The maximum Gasteiger partial charge on any atom is 0.344 e. The van der Waals surface area contributed by atoms with Gasteiger partial charge in [-0.25, -0.2) is 9.89 Å². The SMILES string of the molecule is CC(N)Cc1ccc(Br)cc1Sc1n[nH]c(=O)n1C(C)C. The smallest absolute Gasteiger partial charge is 0.328 e. The van der Waals surface area contributed by atoms with Gasteiger partial charge in [-0.1, -0.05) is 22.0 Å². The molecule has 0 saturated carbocycles. The number of benzene rings is 1. The van der Waals surface area contributed by atoms with Gasteiger partial charge in [-0.2, -0.15) is 0 Å². The predicted octanol–water partition coefficient (Wildman–Crippen LogP) is 2.96. The average Bonchev–Trinajstić information content (AvgIpc) is 2.73. The maximum atomic E-state index is 11.8. The molecule has 2 aromatic rings. The molecule has 0 radical (unpaired) electrons. The molecular formula is C14H19BrN4OS. The van der Waals surface area contributed by atoms with Gasteiger partial charge in [0.05, 0.1) is 0 Å². The van der Waals surface area contributed by atoms with Crippen molar-refractivity contribution >= 4 is 27.7 Å². The fourth-order valence-electron chi connectivity index (χ4n) is 2.05. The monoisotopic (exact) mass is 370 g/mol. The molecule has 0 aliphatic heterocycles. The molecule has 1 aromatic heterocycles. The zero-order valence-electron chi connectivity index (χ0n) is 12.3. The number of aromatic amines is 1. The highest BCUT2D eigenvalue weighted by Crippen LogP contribution is 2.32. The van der Waals surface area contributed by atoms with Crippen molar-refractivity contribution in [3.8, 4) is 0 Å². The molecule has 7 heteroatoms. The molecule has 2 rings (SSSR count). The standard InChI is InChI=1S/C14H19BrN4OS/c1-8(2)19-13(20)17-18-14(19)21-12-7-11(15)5-4-10(12)6-9(3)16/h4-5,7-9H,6,16H2,1-3H3,(H,17,20). The fourth-order valence-corrected chi connectivity index (χ4v) is 3.72. The predicted molar refractivity (Wildman–Crippen MR) is 88.9 cm³/mol. The van der Waals surface area contributed by atoms with Crippen molar-refractivity contribution in [2.75, 3.05) is 0 Å². The first kappa shape index (κ1) is 16.3. The summed E-state index contributed by atoms with van der Waals surface area (Å²) in [5.74, 6) is 0. The zero-order valence-corrected chi connectivity index (χ0v) is 14.7. The quantitative estimate of drug-likeness (QED) is 0.847. The average molecular weight is 371 g/mol. The van der Waals surface area contributed by atoms with Crippen LogP contribution < -0.4 is 11.4 Å². The molecule has 1 unspecified atom stereocenters. The van der Waals surface area contributed by atoms with Gasteiger partial charge in [0, 0.05) is 21.5 Å². The van der Waals surface area contributed by atoms with E-state index < -0.39 is 0 Å². The summed E-state index contributed by atoms with van der Waals surface area (Å²) >= 11 is 4.97. The van der Waals surface area contributed by atoms with Crippen LogP contribution in [0.15, 0.2) is 37.5 Å². The normalized spacial score (nSPS) is 12.9. The number of rotatable bonds is 5. The summed E-state index contributed by atoms with van der Waals surface area (Å²) in [6.45, 7) is 5.91. The Kier molecular flexibility index (Phi) is 5.29. The summed E-state index contributed by atoms with van der Waals surface area (Å²) in [4.78, 5) is 12.9. The topological polar surface area (TPSA) is 76.7 Å². The molecule has 0 amide bonds. The third-order valence-electron chi connectivity index (χ3n) is 2.96. The lowest BCUT2D eigenvalue weighted by Crippen LogP contribution is -2.19. The van der Waals surface area contributed by atoms with E-state index in [0.717, 1.165) is 21.4 Å². The van der Waals surface area contributed by atoms with Crippen LogP contribution in [0, 0.1) is 0 Å². The molecule has 0 saturated heterocycles. The lowest BCUT2D eigenvalue weighted by atomic mass is 10.1. The van der Waals surface area contributed by atoms with Crippen LogP contribution in [0.3, 0.4) is 0 Å². The van der Waals surface area contributed by atoms with E-state index in [2.05, 4.69) is 32.2 Å². The Labute approximate surface area is 136 Å². The first-order chi connectivity index (χ1) is 9.88. The zero-order chi connectivity index (χ0) is 15.6. The molecule has 1 heterocycles. The van der Waals surface area contributed by atoms with Crippen LogP contribution >= 0.6 is 27.7 Å². The van der Waals surface area contributed by atoms with Crippen LogP contribution in [0.2, 0.25) is 0 Å².